The van der Waals surface area contributed by atoms with E-state index in [9.17, 15) is 18.0 Å². The number of methoxy groups -OCH3 is 1. The number of hydrogen-bond acceptors (Lipinski definition) is 5. The SMILES string of the molecule is CCCCNC(=O)[C@H](C)N(Cc1cccc(C)c1)C(=O)CN(c1cc(C)ccc1OC)S(C)(=O)=O. The van der Waals surface area contributed by atoms with E-state index >= 15 is 0 Å². The van der Waals surface area contributed by atoms with Crippen LogP contribution in [0.1, 0.15) is 43.4 Å². The number of carbonyl (C=O) groups is 2. The van der Waals surface area contributed by atoms with E-state index in [-0.39, 0.29) is 18.1 Å². The Morgan fingerprint density at radius 2 is 1.77 bits per heavy atom. The molecule has 0 saturated carbocycles. The zero-order chi connectivity index (χ0) is 26.2. The zero-order valence-electron chi connectivity index (χ0n) is 21.5. The second kappa shape index (κ2) is 12.6. The lowest BCUT2D eigenvalue weighted by atomic mass is 10.1. The van der Waals surface area contributed by atoms with E-state index in [4.69, 9.17) is 4.74 Å². The summed E-state index contributed by atoms with van der Waals surface area (Å²) >= 11 is 0. The lowest BCUT2D eigenvalue weighted by Gasteiger charge is -2.32. The Labute approximate surface area is 209 Å². The predicted molar refractivity (Wildman–Crippen MR) is 139 cm³/mol. The Bertz CT molecular complexity index is 1130. The topological polar surface area (TPSA) is 96.0 Å². The van der Waals surface area contributed by atoms with Crippen LogP contribution in [0.15, 0.2) is 42.5 Å². The summed E-state index contributed by atoms with van der Waals surface area (Å²) in [6.45, 7) is 7.70. The summed E-state index contributed by atoms with van der Waals surface area (Å²) in [4.78, 5) is 27.9. The van der Waals surface area contributed by atoms with Crippen LogP contribution in [0.4, 0.5) is 5.69 Å². The van der Waals surface area contributed by atoms with Crippen LogP contribution in [0.25, 0.3) is 0 Å². The number of unbranched alkanes of at least 4 members (excludes halogenated alkanes) is 1. The molecule has 9 heteroatoms. The average Bonchev–Trinajstić information content (AvgIpc) is 2.79. The van der Waals surface area contributed by atoms with Crippen molar-refractivity contribution in [1.29, 1.82) is 0 Å². The van der Waals surface area contributed by atoms with Crippen LogP contribution >= 0.6 is 0 Å². The minimum absolute atomic E-state index is 0.172. The molecule has 0 unspecified atom stereocenters. The van der Waals surface area contributed by atoms with Crippen molar-refractivity contribution in [2.45, 2.75) is 53.1 Å². The smallest absolute Gasteiger partial charge is 0.244 e. The van der Waals surface area contributed by atoms with Crippen molar-refractivity contribution in [3.8, 4) is 5.75 Å². The summed E-state index contributed by atoms with van der Waals surface area (Å²) in [6, 6.07) is 12.0. The number of ether oxygens (including phenoxy) is 1. The summed E-state index contributed by atoms with van der Waals surface area (Å²) < 4.78 is 31.9. The number of anilines is 1. The predicted octanol–water partition coefficient (Wildman–Crippen LogP) is 3.41. The van der Waals surface area contributed by atoms with Gasteiger partial charge in [-0.3, -0.25) is 13.9 Å². The van der Waals surface area contributed by atoms with Crippen molar-refractivity contribution in [2.75, 3.05) is 30.8 Å². The molecule has 0 radical (unpaired) electrons. The number of rotatable bonds is 12. The van der Waals surface area contributed by atoms with Gasteiger partial charge in [-0.2, -0.15) is 0 Å². The van der Waals surface area contributed by atoms with E-state index in [0.29, 0.717) is 12.3 Å². The average molecular weight is 504 g/mol. The van der Waals surface area contributed by atoms with Gasteiger partial charge in [0.15, 0.2) is 0 Å². The van der Waals surface area contributed by atoms with Gasteiger partial charge in [0.1, 0.15) is 18.3 Å². The monoisotopic (exact) mass is 503 g/mol. The molecule has 1 N–H and O–H groups in total. The third-order valence-corrected chi connectivity index (χ3v) is 6.84. The largest absolute Gasteiger partial charge is 0.495 e. The fourth-order valence-electron chi connectivity index (χ4n) is 3.72. The van der Waals surface area contributed by atoms with Crippen molar-refractivity contribution in [3.05, 3.63) is 59.2 Å². The van der Waals surface area contributed by atoms with Crippen LogP contribution in [0.5, 0.6) is 5.75 Å². The van der Waals surface area contributed by atoms with Crippen LogP contribution in [0.2, 0.25) is 0 Å². The molecule has 2 aromatic carbocycles. The molecule has 2 amide bonds. The standard InChI is InChI=1S/C26H37N3O5S/c1-7-8-14-27-26(31)21(4)28(17-22-11-9-10-19(2)15-22)25(30)18-29(35(6,32)33)23-16-20(3)12-13-24(23)34-5/h9-13,15-16,21H,7-8,14,17-18H2,1-6H3,(H,27,31)/t21-/m0/s1. The molecule has 35 heavy (non-hydrogen) atoms. The molecule has 2 aromatic rings. The first-order valence-corrected chi connectivity index (χ1v) is 13.6. The highest BCUT2D eigenvalue weighted by Gasteiger charge is 2.31. The molecule has 0 saturated heterocycles. The molecule has 0 fully saturated rings. The number of benzene rings is 2. The maximum atomic E-state index is 13.6. The van der Waals surface area contributed by atoms with E-state index in [1.54, 1.807) is 25.1 Å². The first-order chi connectivity index (χ1) is 16.5. The van der Waals surface area contributed by atoms with Gasteiger partial charge in [-0.25, -0.2) is 8.42 Å². The number of aryl methyl sites for hydroxylation is 2. The Balaban J connectivity index is 2.42. The Kier molecular flexibility index (Phi) is 10.1. The third-order valence-electron chi connectivity index (χ3n) is 5.71. The minimum Gasteiger partial charge on any atom is -0.495 e. The molecule has 0 aromatic heterocycles. The number of nitrogens with zero attached hydrogens (tertiary/aromatic N) is 2. The zero-order valence-corrected chi connectivity index (χ0v) is 22.3. The second-order valence-electron chi connectivity index (χ2n) is 8.78. The number of carbonyl (C=O) groups excluding carboxylic acids is 2. The van der Waals surface area contributed by atoms with Gasteiger partial charge in [-0.05, 0) is 50.5 Å². The van der Waals surface area contributed by atoms with Gasteiger partial charge in [0, 0.05) is 13.1 Å². The molecule has 0 aliphatic rings. The fourth-order valence-corrected chi connectivity index (χ4v) is 4.56. The number of hydrogen-bond donors (Lipinski definition) is 1. The summed E-state index contributed by atoms with van der Waals surface area (Å²) in [5.74, 6) is -0.429. The first-order valence-electron chi connectivity index (χ1n) is 11.7. The molecule has 192 valence electrons. The van der Waals surface area contributed by atoms with E-state index in [2.05, 4.69) is 5.32 Å². The third kappa shape index (κ3) is 7.99. The molecule has 0 bridgehead atoms. The quantitative estimate of drug-likeness (QED) is 0.448. The van der Waals surface area contributed by atoms with E-state index in [0.717, 1.165) is 40.1 Å². The van der Waals surface area contributed by atoms with Gasteiger partial charge in [0.2, 0.25) is 21.8 Å². The van der Waals surface area contributed by atoms with Crippen molar-refractivity contribution in [2.24, 2.45) is 0 Å². The molecule has 1 atom stereocenters. The Morgan fingerprint density at radius 3 is 2.37 bits per heavy atom. The van der Waals surface area contributed by atoms with E-state index in [1.165, 1.54) is 12.0 Å². The second-order valence-corrected chi connectivity index (χ2v) is 10.7. The fraction of sp³-hybridized carbons (Fsp3) is 0.462. The first kappa shape index (κ1) is 28.2. The van der Waals surface area contributed by atoms with Crippen molar-refractivity contribution >= 4 is 27.5 Å². The lowest BCUT2D eigenvalue weighted by molar-refractivity contribution is -0.139. The van der Waals surface area contributed by atoms with Gasteiger partial charge in [0.05, 0.1) is 19.1 Å². The van der Waals surface area contributed by atoms with E-state index < -0.39 is 28.5 Å². The molecular formula is C26H37N3O5S. The van der Waals surface area contributed by atoms with Crippen LogP contribution in [0, 0.1) is 13.8 Å². The molecule has 0 spiro atoms. The molecule has 0 aliphatic carbocycles. The molecule has 0 heterocycles. The molecule has 2 rings (SSSR count). The molecule has 0 aliphatic heterocycles. The van der Waals surface area contributed by atoms with Crippen molar-refractivity contribution < 1.29 is 22.7 Å². The van der Waals surface area contributed by atoms with Gasteiger partial charge in [-0.1, -0.05) is 49.2 Å². The maximum Gasteiger partial charge on any atom is 0.244 e. The summed E-state index contributed by atoms with van der Waals surface area (Å²) in [7, 11) is -2.39. The van der Waals surface area contributed by atoms with Gasteiger partial charge in [0.25, 0.3) is 0 Å². The summed E-state index contributed by atoms with van der Waals surface area (Å²) in [6.07, 6.45) is 2.81. The Hall–Kier alpha value is -3.07. The van der Waals surface area contributed by atoms with Gasteiger partial charge < -0.3 is 15.0 Å². The highest BCUT2D eigenvalue weighted by Crippen LogP contribution is 2.31. The lowest BCUT2D eigenvalue weighted by Crippen LogP contribution is -2.51. The number of nitrogens with one attached hydrogen (secondary N) is 1. The Morgan fingerprint density at radius 1 is 1.09 bits per heavy atom. The van der Waals surface area contributed by atoms with Crippen LogP contribution in [0.3, 0.4) is 0 Å². The normalized spacial score (nSPS) is 12.1. The number of sulfonamides is 1. The van der Waals surface area contributed by atoms with Crippen LogP contribution in [-0.2, 0) is 26.2 Å². The van der Waals surface area contributed by atoms with Crippen molar-refractivity contribution in [1.82, 2.24) is 10.2 Å². The maximum absolute atomic E-state index is 13.6. The van der Waals surface area contributed by atoms with Gasteiger partial charge in [-0.15, -0.1) is 0 Å². The highest BCUT2D eigenvalue weighted by atomic mass is 32.2. The van der Waals surface area contributed by atoms with E-state index in [1.807, 2.05) is 45.0 Å². The highest BCUT2D eigenvalue weighted by molar-refractivity contribution is 7.92. The molecule has 8 nitrogen and oxygen atoms in total. The number of amides is 2. The summed E-state index contributed by atoms with van der Waals surface area (Å²) in [5, 5.41) is 2.87. The minimum atomic E-state index is -3.83. The van der Waals surface area contributed by atoms with Crippen LogP contribution in [-0.4, -0.2) is 57.6 Å². The van der Waals surface area contributed by atoms with Crippen molar-refractivity contribution in [3.63, 3.8) is 0 Å². The van der Waals surface area contributed by atoms with Crippen LogP contribution < -0.4 is 14.4 Å². The molecular weight excluding hydrogens is 466 g/mol. The van der Waals surface area contributed by atoms with Gasteiger partial charge >= 0.3 is 0 Å². The summed E-state index contributed by atoms with van der Waals surface area (Å²) in [5.41, 5.74) is 2.98.